The molecule has 0 aliphatic carbocycles. The van der Waals surface area contributed by atoms with Crippen molar-refractivity contribution >= 4 is 48.9 Å². The first kappa shape index (κ1) is 9.49. The fourth-order valence-electron chi connectivity index (χ4n) is 0.788. The van der Waals surface area contributed by atoms with Crippen molar-refractivity contribution in [3.63, 3.8) is 0 Å². The first-order valence-electron chi connectivity index (χ1n) is 2.66. The zero-order valence-electron chi connectivity index (χ0n) is 4.26. The van der Waals surface area contributed by atoms with Crippen molar-refractivity contribution in [3.05, 3.63) is 0 Å². The van der Waals surface area contributed by atoms with Crippen LogP contribution >= 0.6 is 0 Å². The van der Waals surface area contributed by atoms with Gasteiger partial charge in [0.2, 0.25) is 0 Å². The Morgan fingerprint density at radius 2 is 2.38 bits per heavy atom. The normalized spacial score (nSPS) is 27.4. The van der Waals surface area contributed by atoms with Crippen molar-refractivity contribution < 1.29 is 9.84 Å². The van der Waals surface area contributed by atoms with Crippen LogP contribution in [-0.4, -0.2) is 73.3 Å². The average molecular weight is 241 g/mol. The molecule has 0 aromatic rings. The number of rotatable bonds is 1. The van der Waals surface area contributed by atoms with Crippen LogP contribution in [0, 0.1) is 0 Å². The Morgan fingerprint density at radius 1 is 1.62 bits per heavy atom. The van der Waals surface area contributed by atoms with Gasteiger partial charge in [0.05, 0.1) is 12.7 Å². The van der Waals surface area contributed by atoms with Gasteiger partial charge in [-0.2, -0.15) is 0 Å². The van der Waals surface area contributed by atoms with Crippen LogP contribution in [0.3, 0.4) is 0 Å². The van der Waals surface area contributed by atoms with Gasteiger partial charge in [-0.25, -0.2) is 0 Å². The molecule has 1 aliphatic rings. The molecular weight excluding hydrogens is 229 g/mol. The fraction of sp³-hybridized carbons (Fsp3) is 1.00. The predicted molar refractivity (Wildman–Crippen MR) is 34.6 cm³/mol. The molecule has 3 heteroatoms. The molecule has 0 spiro atoms. The molecule has 1 unspecified atom stereocenters. The first-order chi connectivity index (χ1) is 3.43. The standard InChI is InChI=1S/C5H10O2.Ba.2H/c6-4-5-2-1-3-7-5;;;/h5-6H,1-4H2;;;. The molecule has 1 heterocycles. The monoisotopic (exact) mass is 242 g/mol. The van der Waals surface area contributed by atoms with Crippen molar-refractivity contribution in [3.8, 4) is 0 Å². The molecule has 1 N–H and O–H groups in total. The van der Waals surface area contributed by atoms with Gasteiger partial charge in [-0.3, -0.25) is 0 Å². The second kappa shape index (κ2) is 5.29. The summed E-state index contributed by atoms with van der Waals surface area (Å²) in [5, 5.41) is 8.44. The topological polar surface area (TPSA) is 29.5 Å². The van der Waals surface area contributed by atoms with Gasteiger partial charge in [0.25, 0.3) is 0 Å². The van der Waals surface area contributed by atoms with E-state index in [0.717, 1.165) is 19.4 Å². The summed E-state index contributed by atoms with van der Waals surface area (Å²) >= 11 is 0. The molecule has 0 saturated carbocycles. The van der Waals surface area contributed by atoms with Crippen LogP contribution in [0.1, 0.15) is 12.8 Å². The van der Waals surface area contributed by atoms with Crippen LogP contribution in [0.4, 0.5) is 0 Å². The number of hydrogen-bond acceptors (Lipinski definition) is 2. The van der Waals surface area contributed by atoms with Crippen LogP contribution in [0.15, 0.2) is 0 Å². The third kappa shape index (κ3) is 2.87. The van der Waals surface area contributed by atoms with Gasteiger partial charge in [0, 0.05) is 6.61 Å². The summed E-state index contributed by atoms with van der Waals surface area (Å²) < 4.78 is 5.05. The molecule has 8 heavy (non-hydrogen) atoms. The molecule has 2 nitrogen and oxygen atoms in total. The van der Waals surface area contributed by atoms with Crippen molar-refractivity contribution in [2.75, 3.05) is 13.2 Å². The zero-order valence-corrected chi connectivity index (χ0v) is 4.26. The molecule has 0 radical (unpaired) electrons. The van der Waals surface area contributed by atoms with Crippen molar-refractivity contribution in [1.82, 2.24) is 0 Å². The van der Waals surface area contributed by atoms with E-state index in [2.05, 4.69) is 0 Å². The number of hydrogen-bond donors (Lipinski definition) is 1. The third-order valence-corrected chi connectivity index (χ3v) is 1.23. The molecule has 1 aliphatic heterocycles. The van der Waals surface area contributed by atoms with Gasteiger partial charge in [0.1, 0.15) is 0 Å². The van der Waals surface area contributed by atoms with Crippen LogP contribution in [0.2, 0.25) is 0 Å². The maximum absolute atomic E-state index is 8.44. The molecule has 1 atom stereocenters. The second-order valence-corrected chi connectivity index (χ2v) is 1.82. The van der Waals surface area contributed by atoms with E-state index in [0.29, 0.717) is 0 Å². The van der Waals surface area contributed by atoms with E-state index >= 15 is 0 Å². The van der Waals surface area contributed by atoms with Crippen molar-refractivity contribution in [2.45, 2.75) is 18.9 Å². The Hall–Kier alpha value is 1.49. The Labute approximate surface area is 89.7 Å². The van der Waals surface area contributed by atoms with Crippen LogP contribution in [0.25, 0.3) is 0 Å². The van der Waals surface area contributed by atoms with Gasteiger partial charge < -0.3 is 9.84 Å². The van der Waals surface area contributed by atoms with Gasteiger partial charge in [0.15, 0.2) is 0 Å². The van der Waals surface area contributed by atoms with Gasteiger partial charge >= 0.3 is 48.9 Å². The minimum absolute atomic E-state index is 0. The summed E-state index contributed by atoms with van der Waals surface area (Å²) in [5.74, 6) is 0. The molecule has 0 aromatic carbocycles. The van der Waals surface area contributed by atoms with Crippen LogP contribution in [-0.2, 0) is 4.74 Å². The Kier molecular flexibility index (Phi) is 6.28. The summed E-state index contributed by atoms with van der Waals surface area (Å²) in [7, 11) is 0. The Balaban J connectivity index is 0.000000490. The fourth-order valence-corrected chi connectivity index (χ4v) is 0.788. The summed E-state index contributed by atoms with van der Waals surface area (Å²) in [6.07, 6.45) is 2.31. The number of aliphatic hydroxyl groups is 1. The van der Waals surface area contributed by atoms with Gasteiger partial charge in [-0.1, -0.05) is 0 Å². The van der Waals surface area contributed by atoms with E-state index in [4.69, 9.17) is 9.84 Å². The van der Waals surface area contributed by atoms with E-state index in [1.807, 2.05) is 0 Å². The maximum atomic E-state index is 8.44. The van der Waals surface area contributed by atoms with Gasteiger partial charge in [-0.15, -0.1) is 0 Å². The van der Waals surface area contributed by atoms with E-state index in [1.54, 1.807) is 0 Å². The molecule has 1 saturated heterocycles. The van der Waals surface area contributed by atoms with E-state index < -0.39 is 0 Å². The molecule has 46 valence electrons. The SMILES string of the molecule is OCC1CCCO1.[BaH2]. The summed E-state index contributed by atoms with van der Waals surface area (Å²) in [5.41, 5.74) is 0. The average Bonchev–Trinajstić information content (AvgIpc) is 2.14. The molecule has 0 bridgehead atoms. The van der Waals surface area contributed by atoms with Crippen molar-refractivity contribution in [1.29, 1.82) is 0 Å². The number of aliphatic hydroxyl groups excluding tert-OH is 1. The minimum atomic E-state index is 0. The second-order valence-electron chi connectivity index (χ2n) is 1.82. The van der Waals surface area contributed by atoms with E-state index in [-0.39, 0.29) is 61.6 Å². The predicted octanol–water partition coefficient (Wildman–Crippen LogP) is -0.759. The first-order valence-corrected chi connectivity index (χ1v) is 2.66. The molecule has 0 amide bonds. The van der Waals surface area contributed by atoms with Gasteiger partial charge in [-0.05, 0) is 12.8 Å². The summed E-state index contributed by atoms with van der Waals surface area (Å²) in [6.45, 7) is 1.03. The Bertz CT molecular complexity index is 52.4. The van der Waals surface area contributed by atoms with Crippen LogP contribution < -0.4 is 0 Å². The molecule has 1 rings (SSSR count). The third-order valence-electron chi connectivity index (χ3n) is 1.23. The van der Waals surface area contributed by atoms with E-state index in [9.17, 15) is 0 Å². The molecule has 0 aromatic heterocycles. The quantitative estimate of drug-likeness (QED) is 0.612. The summed E-state index contributed by atoms with van der Waals surface area (Å²) in [4.78, 5) is 0. The van der Waals surface area contributed by atoms with Crippen molar-refractivity contribution in [2.24, 2.45) is 0 Å². The van der Waals surface area contributed by atoms with E-state index in [1.165, 1.54) is 0 Å². The molecular formula is C5H12BaO2. The molecule has 1 fully saturated rings. The number of ether oxygens (including phenoxy) is 1. The summed E-state index contributed by atoms with van der Waals surface area (Å²) in [6, 6.07) is 0. The zero-order chi connectivity index (χ0) is 5.11. The Morgan fingerprint density at radius 3 is 2.62 bits per heavy atom. The van der Waals surface area contributed by atoms with Crippen LogP contribution in [0.5, 0.6) is 0 Å².